The van der Waals surface area contributed by atoms with Crippen LogP contribution in [0.15, 0.2) is 24.5 Å². The molecule has 3 fully saturated rings. The fourth-order valence-electron chi connectivity index (χ4n) is 4.47. The van der Waals surface area contributed by atoms with Crippen LogP contribution in [-0.4, -0.2) is 72.9 Å². The molecule has 2 atom stereocenters. The first-order chi connectivity index (χ1) is 11.8. The fraction of sp³-hybridized carbons (Fsp3) is 0.737. The second-order valence-electron chi connectivity index (χ2n) is 7.70. The molecule has 1 aromatic rings. The van der Waals surface area contributed by atoms with Crippen molar-refractivity contribution in [3.05, 3.63) is 30.1 Å². The zero-order valence-corrected chi connectivity index (χ0v) is 14.5. The summed E-state index contributed by atoms with van der Waals surface area (Å²) in [5, 5.41) is 0. The molecular formula is C19H29N3O2. The van der Waals surface area contributed by atoms with Gasteiger partial charge in [-0.1, -0.05) is 6.07 Å². The Hall–Kier alpha value is -1.01. The Labute approximate surface area is 144 Å². The van der Waals surface area contributed by atoms with Crippen molar-refractivity contribution in [3.63, 3.8) is 0 Å². The molecule has 0 saturated carbocycles. The summed E-state index contributed by atoms with van der Waals surface area (Å²) in [5.41, 5.74) is 1.16. The fourth-order valence-corrected chi connectivity index (χ4v) is 4.47. The lowest BCUT2D eigenvalue weighted by Gasteiger charge is -2.31. The van der Waals surface area contributed by atoms with E-state index in [1.165, 1.54) is 38.0 Å². The summed E-state index contributed by atoms with van der Waals surface area (Å²) in [5.74, 6) is 0.657. The summed E-state index contributed by atoms with van der Waals surface area (Å²) in [7, 11) is 0. The number of nitrogens with zero attached hydrogens (tertiary/aromatic N) is 3. The van der Waals surface area contributed by atoms with Crippen LogP contribution in [0.1, 0.15) is 24.8 Å². The minimum atomic E-state index is -0.108. The van der Waals surface area contributed by atoms with Crippen LogP contribution in [-0.2, 0) is 16.0 Å². The molecule has 4 heterocycles. The number of rotatable bonds is 4. The summed E-state index contributed by atoms with van der Waals surface area (Å²) >= 11 is 0. The van der Waals surface area contributed by atoms with E-state index in [4.69, 9.17) is 9.47 Å². The molecule has 0 amide bonds. The smallest absolute Gasteiger partial charge is 0.104 e. The largest absolute Gasteiger partial charge is 0.377 e. The van der Waals surface area contributed by atoms with Crippen molar-refractivity contribution in [3.8, 4) is 0 Å². The molecule has 132 valence electrons. The summed E-state index contributed by atoms with van der Waals surface area (Å²) in [6.45, 7) is 9.04. The molecule has 1 aromatic heterocycles. The summed E-state index contributed by atoms with van der Waals surface area (Å²) in [4.78, 5) is 9.32. The molecule has 0 aromatic carbocycles. The van der Waals surface area contributed by atoms with Gasteiger partial charge in [-0.3, -0.25) is 9.88 Å². The molecule has 4 rings (SSSR count). The minimum Gasteiger partial charge on any atom is -0.377 e. The molecule has 3 saturated heterocycles. The normalized spacial score (nSPS) is 32.4. The van der Waals surface area contributed by atoms with Gasteiger partial charge in [-0.25, -0.2) is 0 Å². The number of hydrogen-bond donors (Lipinski definition) is 0. The first kappa shape index (κ1) is 16.5. The molecule has 0 unspecified atom stereocenters. The van der Waals surface area contributed by atoms with Crippen LogP contribution in [0.2, 0.25) is 0 Å². The van der Waals surface area contributed by atoms with Gasteiger partial charge < -0.3 is 14.4 Å². The van der Waals surface area contributed by atoms with Crippen LogP contribution < -0.4 is 0 Å². The van der Waals surface area contributed by atoms with E-state index in [0.717, 1.165) is 45.9 Å². The van der Waals surface area contributed by atoms with E-state index in [-0.39, 0.29) is 5.60 Å². The summed E-state index contributed by atoms with van der Waals surface area (Å²) in [6.07, 6.45) is 7.65. The number of aromatic nitrogens is 1. The quantitative estimate of drug-likeness (QED) is 0.841. The maximum Gasteiger partial charge on any atom is 0.104 e. The Kier molecular flexibility index (Phi) is 5.13. The van der Waals surface area contributed by atoms with Crippen LogP contribution >= 0.6 is 0 Å². The highest BCUT2D eigenvalue weighted by molar-refractivity contribution is 5.08. The lowest BCUT2D eigenvalue weighted by atomic mass is 9.94. The Bertz CT molecular complexity index is 521. The Morgan fingerprint density at radius 3 is 2.96 bits per heavy atom. The van der Waals surface area contributed by atoms with Gasteiger partial charge in [0.2, 0.25) is 0 Å². The standard InChI is InChI=1S/C19H29N3O2/c1-2-7-21(6-1)13-18-10-19(24-14-18)15-22(8-9-23-16-19)12-17-4-3-5-20-11-17/h3-5,11,18H,1-2,6-10,12-16H2/t18-,19+/m1/s1. The zero-order valence-electron chi connectivity index (χ0n) is 14.5. The predicted octanol–water partition coefficient (Wildman–Crippen LogP) is 1.78. The third kappa shape index (κ3) is 3.97. The van der Waals surface area contributed by atoms with Crippen LogP contribution in [0.25, 0.3) is 0 Å². The van der Waals surface area contributed by atoms with Gasteiger partial charge in [0.15, 0.2) is 0 Å². The summed E-state index contributed by atoms with van der Waals surface area (Å²) in [6, 6.07) is 4.16. The second-order valence-corrected chi connectivity index (χ2v) is 7.70. The molecule has 5 nitrogen and oxygen atoms in total. The van der Waals surface area contributed by atoms with E-state index in [1.807, 2.05) is 18.5 Å². The van der Waals surface area contributed by atoms with Crippen LogP contribution in [0, 0.1) is 5.92 Å². The van der Waals surface area contributed by atoms with Crippen LogP contribution in [0.4, 0.5) is 0 Å². The highest BCUT2D eigenvalue weighted by atomic mass is 16.5. The molecule has 5 heteroatoms. The monoisotopic (exact) mass is 331 g/mol. The van der Waals surface area contributed by atoms with Crippen LogP contribution in [0.3, 0.4) is 0 Å². The van der Waals surface area contributed by atoms with Crippen molar-refractivity contribution in [1.29, 1.82) is 0 Å². The molecule has 0 aliphatic carbocycles. The Balaban J connectivity index is 1.37. The number of pyridine rings is 1. The van der Waals surface area contributed by atoms with Gasteiger partial charge in [0, 0.05) is 38.6 Å². The number of ether oxygens (including phenoxy) is 2. The topological polar surface area (TPSA) is 37.8 Å². The highest BCUT2D eigenvalue weighted by Gasteiger charge is 2.43. The van der Waals surface area contributed by atoms with E-state index in [2.05, 4.69) is 20.9 Å². The maximum atomic E-state index is 6.34. The van der Waals surface area contributed by atoms with Crippen molar-refractivity contribution in [2.75, 3.05) is 52.5 Å². The molecule has 0 radical (unpaired) electrons. The molecule has 24 heavy (non-hydrogen) atoms. The Morgan fingerprint density at radius 1 is 1.21 bits per heavy atom. The second kappa shape index (κ2) is 7.48. The molecule has 3 aliphatic heterocycles. The van der Waals surface area contributed by atoms with E-state index < -0.39 is 0 Å². The zero-order chi connectivity index (χ0) is 16.2. The van der Waals surface area contributed by atoms with Crippen molar-refractivity contribution in [2.45, 2.75) is 31.4 Å². The SMILES string of the molecule is c1cncc(CN2CCOC[C@]3(C[C@H](CN4CCCC4)CO3)C2)c1. The maximum absolute atomic E-state index is 6.34. The molecule has 3 aliphatic rings. The number of hydrogen-bond acceptors (Lipinski definition) is 5. The van der Waals surface area contributed by atoms with Gasteiger partial charge in [-0.05, 0) is 49.9 Å². The van der Waals surface area contributed by atoms with E-state index in [1.54, 1.807) is 0 Å². The van der Waals surface area contributed by atoms with Crippen LogP contribution in [0.5, 0.6) is 0 Å². The Morgan fingerprint density at radius 2 is 2.12 bits per heavy atom. The highest BCUT2D eigenvalue weighted by Crippen LogP contribution is 2.34. The van der Waals surface area contributed by atoms with Crippen molar-refractivity contribution >= 4 is 0 Å². The third-order valence-corrected chi connectivity index (χ3v) is 5.56. The number of likely N-dealkylation sites (tertiary alicyclic amines) is 1. The van der Waals surface area contributed by atoms with Crippen molar-refractivity contribution < 1.29 is 9.47 Å². The van der Waals surface area contributed by atoms with E-state index in [9.17, 15) is 0 Å². The van der Waals surface area contributed by atoms with Gasteiger partial charge >= 0.3 is 0 Å². The average molecular weight is 331 g/mol. The molecular weight excluding hydrogens is 302 g/mol. The minimum absolute atomic E-state index is 0.108. The average Bonchev–Trinajstić information content (AvgIpc) is 3.19. The van der Waals surface area contributed by atoms with Gasteiger partial charge in [-0.15, -0.1) is 0 Å². The lowest BCUT2D eigenvalue weighted by Crippen LogP contribution is -2.44. The molecule has 1 spiro atoms. The third-order valence-electron chi connectivity index (χ3n) is 5.56. The first-order valence-corrected chi connectivity index (χ1v) is 9.37. The predicted molar refractivity (Wildman–Crippen MR) is 92.8 cm³/mol. The van der Waals surface area contributed by atoms with Crippen molar-refractivity contribution in [2.24, 2.45) is 5.92 Å². The molecule has 0 bridgehead atoms. The lowest BCUT2D eigenvalue weighted by molar-refractivity contribution is -0.0563. The van der Waals surface area contributed by atoms with Gasteiger partial charge in [0.05, 0.1) is 19.8 Å². The van der Waals surface area contributed by atoms with Crippen molar-refractivity contribution in [1.82, 2.24) is 14.8 Å². The van der Waals surface area contributed by atoms with Gasteiger partial charge in [-0.2, -0.15) is 0 Å². The van der Waals surface area contributed by atoms with Gasteiger partial charge in [0.1, 0.15) is 5.60 Å². The van der Waals surface area contributed by atoms with E-state index >= 15 is 0 Å². The molecule has 0 N–H and O–H groups in total. The first-order valence-electron chi connectivity index (χ1n) is 9.37. The summed E-state index contributed by atoms with van der Waals surface area (Å²) < 4.78 is 12.3. The van der Waals surface area contributed by atoms with Gasteiger partial charge in [0.25, 0.3) is 0 Å². The van der Waals surface area contributed by atoms with E-state index in [0.29, 0.717) is 5.92 Å².